The minimum absolute atomic E-state index is 0.113. The zero-order valence-corrected chi connectivity index (χ0v) is 12.7. The topological polar surface area (TPSA) is 84.7 Å². The van der Waals surface area contributed by atoms with E-state index in [1.54, 1.807) is 25.1 Å². The molecule has 1 heterocycles. The number of rotatable bonds is 4. The first kappa shape index (κ1) is 16.2. The molecule has 22 heavy (non-hydrogen) atoms. The molecule has 0 bridgehead atoms. The van der Waals surface area contributed by atoms with E-state index in [4.69, 9.17) is 10.5 Å². The van der Waals surface area contributed by atoms with E-state index < -0.39 is 23.2 Å². The highest BCUT2D eigenvalue weighted by atomic mass is 19.1. The van der Waals surface area contributed by atoms with E-state index in [0.717, 1.165) is 0 Å². The molecule has 0 unspecified atom stereocenters. The van der Waals surface area contributed by atoms with Gasteiger partial charge in [-0.3, -0.25) is 9.59 Å². The summed E-state index contributed by atoms with van der Waals surface area (Å²) in [6.07, 6.45) is 0.566. The summed E-state index contributed by atoms with van der Waals surface area (Å²) in [6.45, 7) is 0.649. The van der Waals surface area contributed by atoms with Gasteiger partial charge < -0.3 is 20.7 Å². The van der Waals surface area contributed by atoms with E-state index in [9.17, 15) is 14.0 Å². The summed E-state index contributed by atoms with van der Waals surface area (Å²) in [6, 6.07) is 4.31. The lowest BCUT2D eigenvalue weighted by Gasteiger charge is -2.35. The number of benzene rings is 1. The van der Waals surface area contributed by atoms with Crippen molar-refractivity contribution in [1.29, 1.82) is 0 Å². The van der Waals surface area contributed by atoms with Crippen molar-refractivity contribution in [3.8, 4) is 0 Å². The predicted octanol–water partition coefficient (Wildman–Crippen LogP) is 0.656. The van der Waals surface area contributed by atoms with Gasteiger partial charge in [0.1, 0.15) is 11.4 Å². The zero-order valence-electron chi connectivity index (χ0n) is 12.7. The van der Waals surface area contributed by atoms with Gasteiger partial charge in [-0.1, -0.05) is 0 Å². The van der Waals surface area contributed by atoms with Gasteiger partial charge in [-0.05, 0) is 18.2 Å². The SMILES string of the molecule is CN(C)c1ccc(C(=O)NC2(C(N)=O)CCOCC2)c(F)c1. The van der Waals surface area contributed by atoms with Gasteiger partial charge in [0.15, 0.2) is 0 Å². The fraction of sp³-hybridized carbons (Fsp3) is 0.467. The van der Waals surface area contributed by atoms with Gasteiger partial charge in [0.25, 0.3) is 5.91 Å². The molecule has 1 aliphatic heterocycles. The zero-order chi connectivity index (χ0) is 16.3. The fourth-order valence-electron chi connectivity index (χ4n) is 2.40. The van der Waals surface area contributed by atoms with Crippen LogP contribution in [0.1, 0.15) is 23.2 Å². The van der Waals surface area contributed by atoms with Gasteiger partial charge in [0.05, 0.1) is 5.56 Å². The number of amides is 2. The number of nitrogens with zero attached hydrogens (tertiary/aromatic N) is 1. The first-order valence-corrected chi connectivity index (χ1v) is 7.03. The van der Waals surface area contributed by atoms with E-state index >= 15 is 0 Å². The highest BCUT2D eigenvalue weighted by Gasteiger charge is 2.40. The van der Waals surface area contributed by atoms with Crippen LogP contribution in [0, 0.1) is 5.82 Å². The van der Waals surface area contributed by atoms with Gasteiger partial charge in [-0.2, -0.15) is 0 Å². The number of nitrogens with two attached hydrogens (primary N) is 1. The summed E-state index contributed by atoms with van der Waals surface area (Å²) < 4.78 is 19.3. The Morgan fingerprint density at radius 3 is 2.45 bits per heavy atom. The fourth-order valence-corrected chi connectivity index (χ4v) is 2.40. The lowest BCUT2D eigenvalue weighted by Crippen LogP contribution is -2.60. The quantitative estimate of drug-likeness (QED) is 0.855. The Balaban J connectivity index is 2.22. The summed E-state index contributed by atoms with van der Waals surface area (Å²) in [5, 5.41) is 2.59. The molecule has 1 fully saturated rings. The van der Waals surface area contributed by atoms with Crippen LogP contribution < -0.4 is 16.0 Å². The van der Waals surface area contributed by atoms with Crippen LogP contribution in [0.4, 0.5) is 10.1 Å². The van der Waals surface area contributed by atoms with E-state index in [-0.39, 0.29) is 18.4 Å². The third-order valence-electron chi connectivity index (χ3n) is 3.88. The lowest BCUT2D eigenvalue weighted by molar-refractivity contribution is -0.127. The Bertz CT molecular complexity index is 583. The van der Waals surface area contributed by atoms with Crippen LogP contribution in [0.3, 0.4) is 0 Å². The van der Waals surface area contributed by atoms with Crippen molar-refractivity contribution in [3.05, 3.63) is 29.6 Å². The summed E-state index contributed by atoms with van der Waals surface area (Å²) in [5.74, 6) is -1.92. The molecule has 7 heteroatoms. The maximum Gasteiger partial charge on any atom is 0.255 e. The summed E-state index contributed by atoms with van der Waals surface area (Å²) in [7, 11) is 3.55. The van der Waals surface area contributed by atoms with Gasteiger partial charge in [0.2, 0.25) is 5.91 Å². The maximum absolute atomic E-state index is 14.1. The first-order valence-electron chi connectivity index (χ1n) is 7.03. The second-order valence-corrected chi connectivity index (χ2v) is 5.57. The van der Waals surface area contributed by atoms with Crippen molar-refractivity contribution in [2.24, 2.45) is 5.73 Å². The second-order valence-electron chi connectivity index (χ2n) is 5.57. The van der Waals surface area contributed by atoms with Crippen molar-refractivity contribution in [2.75, 3.05) is 32.2 Å². The molecule has 1 aromatic carbocycles. The average molecular weight is 309 g/mol. The minimum atomic E-state index is -1.18. The molecule has 0 spiro atoms. The van der Waals surface area contributed by atoms with Crippen LogP contribution >= 0.6 is 0 Å². The molecule has 1 aliphatic rings. The van der Waals surface area contributed by atoms with Crippen molar-refractivity contribution in [2.45, 2.75) is 18.4 Å². The molecule has 2 amide bonds. The standard InChI is InChI=1S/C15H20FN3O3/c1-19(2)10-3-4-11(12(16)9-10)13(20)18-15(14(17)21)5-7-22-8-6-15/h3-4,9H,5-8H2,1-2H3,(H2,17,21)(H,18,20). The normalized spacial score (nSPS) is 16.9. The molecule has 1 saturated heterocycles. The Labute approximate surface area is 128 Å². The van der Waals surface area contributed by atoms with Gasteiger partial charge in [0, 0.05) is 45.8 Å². The second kappa shape index (κ2) is 6.31. The molecule has 0 radical (unpaired) electrons. The minimum Gasteiger partial charge on any atom is -0.381 e. The number of hydrogen-bond donors (Lipinski definition) is 2. The number of nitrogens with one attached hydrogen (secondary N) is 1. The van der Waals surface area contributed by atoms with Gasteiger partial charge in [-0.25, -0.2) is 4.39 Å². The number of carbonyl (C=O) groups is 2. The van der Waals surface area contributed by atoms with E-state index in [1.165, 1.54) is 12.1 Å². The third-order valence-corrected chi connectivity index (χ3v) is 3.88. The lowest BCUT2D eigenvalue weighted by atomic mass is 9.89. The molecule has 1 aromatic rings. The Kier molecular flexibility index (Phi) is 4.65. The maximum atomic E-state index is 14.1. The van der Waals surface area contributed by atoms with Crippen LogP contribution in [0.2, 0.25) is 0 Å². The number of anilines is 1. The predicted molar refractivity (Wildman–Crippen MR) is 80.2 cm³/mol. The number of primary amides is 1. The summed E-state index contributed by atoms with van der Waals surface area (Å²) >= 11 is 0. The number of ether oxygens (including phenoxy) is 1. The molecule has 0 saturated carbocycles. The van der Waals surface area contributed by atoms with Crippen molar-refractivity contribution in [1.82, 2.24) is 5.32 Å². The third kappa shape index (κ3) is 3.19. The smallest absolute Gasteiger partial charge is 0.255 e. The number of halogens is 1. The first-order chi connectivity index (χ1) is 10.4. The number of carbonyl (C=O) groups excluding carboxylic acids is 2. The molecular weight excluding hydrogens is 289 g/mol. The highest BCUT2D eigenvalue weighted by Crippen LogP contribution is 2.22. The monoisotopic (exact) mass is 309 g/mol. The Hall–Kier alpha value is -2.15. The van der Waals surface area contributed by atoms with Crippen molar-refractivity contribution >= 4 is 17.5 Å². The molecule has 2 rings (SSSR count). The molecule has 0 aliphatic carbocycles. The molecule has 3 N–H and O–H groups in total. The highest BCUT2D eigenvalue weighted by molar-refractivity contribution is 5.99. The summed E-state index contributed by atoms with van der Waals surface area (Å²) in [4.78, 5) is 25.8. The van der Waals surface area contributed by atoms with E-state index in [0.29, 0.717) is 18.9 Å². The van der Waals surface area contributed by atoms with Crippen molar-refractivity contribution < 1.29 is 18.7 Å². The summed E-state index contributed by atoms with van der Waals surface area (Å²) in [5.41, 5.74) is 4.77. The van der Waals surface area contributed by atoms with Gasteiger partial charge >= 0.3 is 0 Å². The van der Waals surface area contributed by atoms with Crippen LogP contribution in [0.15, 0.2) is 18.2 Å². The van der Waals surface area contributed by atoms with E-state index in [1.807, 2.05) is 0 Å². The molecule has 0 aromatic heterocycles. The van der Waals surface area contributed by atoms with Crippen LogP contribution in [-0.2, 0) is 9.53 Å². The van der Waals surface area contributed by atoms with E-state index in [2.05, 4.69) is 5.32 Å². The molecule has 0 atom stereocenters. The van der Waals surface area contributed by atoms with Crippen molar-refractivity contribution in [3.63, 3.8) is 0 Å². The largest absolute Gasteiger partial charge is 0.381 e. The Morgan fingerprint density at radius 1 is 1.32 bits per heavy atom. The molecule has 6 nitrogen and oxygen atoms in total. The van der Waals surface area contributed by atoms with Crippen LogP contribution in [-0.4, -0.2) is 44.7 Å². The van der Waals surface area contributed by atoms with Crippen LogP contribution in [0.5, 0.6) is 0 Å². The molecule has 120 valence electrons. The average Bonchev–Trinajstić information content (AvgIpc) is 2.47. The Morgan fingerprint density at radius 2 is 1.95 bits per heavy atom. The van der Waals surface area contributed by atoms with Gasteiger partial charge in [-0.15, -0.1) is 0 Å². The molecular formula is C15H20FN3O3. The number of hydrogen-bond acceptors (Lipinski definition) is 4. The van der Waals surface area contributed by atoms with Crippen LogP contribution in [0.25, 0.3) is 0 Å².